The van der Waals surface area contributed by atoms with Crippen molar-refractivity contribution in [2.75, 3.05) is 17.3 Å². The van der Waals surface area contributed by atoms with Crippen LogP contribution in [-0.4, -0.2) is 33.4 Å². The molecular weight excluding hydrogens is 374 g/mol. The molecule has 1 aromatic carbocycles. The summed E-state index contributed by atoms with van der Waals surface area (Å²) in [5.74, 6) is -0.546. The summed E-state index contributed by atoms with van der Waals surface area (Å²) >= 11 is 0. The van der Waals surface area contributed by atoms with E-state index in [9.17, 15) is 19.2 Å². The van der Waals surface area contributed by atoms with Crippen LogP contribution in [0, 0.1) is 0 Å². The molecule has 0 saturated heterocycles. The van der Waals surface area contributed by atoms with Crippen LogP contribution in [0.15, 0.2) is 46.1 Å². The van der Waals surface area contributed by atoms with Gasteiger partial charge in [-0.15, -0.1) is 0 Å². The zero-order valence-electron chi connectivity index (χ0n) is 16.4. The van der Waals surface area contributed by atoms with Crippen LogP contribution in [0.1, 0.15) is 30.6 Å². The topological polar surface area (TPSA) is 117 Å². The molecule has 0 saturated carbocycles. The molecule has 0 fully saturated rings. The molecule has 2 aromatic heterocycles. The van der Waals surface area contributed by atoms with Crippen molar-refractivity contribution in [2.24, 2.45) is 0 Å². The first-order valence-corrected chi connectivity index (χ1v) is 9.10. The maximum Gasteiger partial charge on any atom is 0.329 e. The van der Waals surface area contributed by atoms with Gasteiger partial charge in [-0.05, 0) is 36.8 Å². The van der Waals surface area contributed by atoms with Gasteiger partial charge in [-0.1, -0.05) is 6.92 Å². The van der Waals surface area contributed by atoms with E-state index >= 15 is 0 Å². The van der Waals surface area contributed by atoms with Gasteiger partial charge in [-0.3, -0.25) is 23.9 Å². The Hall–Kier alpha value is -3.75. The fourth-order valence-corrected chi connectivity index (χ4v) is 2.88. The zero-order valence-corrected chi connectivity index (χ0v) is 16.4. The summed E-state index contributed by atoms with van der Waals surface area (Å²) in [6, 6.07) is 8.19. The largest absolute Gasteiger partial charge is 0.329 e. The van der Waals surface area contributed by atoms with E-state index in [-0.39, 0.29) is 22.5 Å². The number of rotatable bonds is 5. The monoisotopic (exact) mass is 395 g/mol. The molecule has 29 heavy (non-hydrogen) atoms. The fraction of sp³-hybridized carbons (Fsp3) is 0.250. The van der Waals surface area contributed by atoms with Crippen LogP contribution in [0.5, 0.6) is 0 Å². The third-order valence-corrected chi connectivity index (χ3v) is 4.53. The molecule has 2 N–H and O–H groups in total. The van der Waals surface area contributed by atoms with Gasteiger partial charge in [0.25, 0.3) is 11.5 Å². The molecule has 0 aliphatic heterocycles. The standard InChI is InChI=1S/C20H21N5O4/c1-4-9-25-17-16(19(28)23-20(25)29)10-13(11-21-17)18(27)22-14-5-7-15(8-6-14)24(3)12(2)26/h5-8,10-11H,4,9H2,1-3H3,(H,22,27)(H,23,28,29). The molecule has 0 bridgehead atoms. The summed E-state index contributed by atoms with van der Waals surface area (Å²) in [5.41, 5.74) is 0.549. The molecule has 0 unspecified atom stereocenters. The van der Waals surface area contributed by atoms with E-state index in [1.54, 1.807) is 31.3 Å². The number of aryl methyl sites for hydroxylation is 1. The van der Waals surface area contributed by atoms with Crippen LogP contribution in [0.2, 0.25) is 0 Å². The molecule has 150 valence electrons. The lowest BCUT2D eigenvalue weighted by Crippen LogP contribution is -2.31. The Balaban J connectivity index is 1.89. The molecule has 0 spiro atoms. The Morgan fingerprint density at radius 2 is 1.90 bits per heavy atom. The quantitative estimate of drug-likeness (QED) is 0.682. The van der Waals surface area contributed by atoms with Crippen LogP contribution in [0.4, 0.5) is 11.4 Å². The lowest BCUT2D eigenvalue weighted by molar-refractivity contribution is -0.116. The molecule has 0 radical (unpaired) electrons. The van der Waals surface area contributed by atoms with Crippen LogP contribution < -0.4 is 21.5 Å². The van der Waals surface area contributed by atoms with Crippen molar-refractivity contribution >= 4 is 34.2 Å². The minimum Gasteiger partial charge on any atom is -0.322 e. The average Bonchev–Trinajstić information content (AvgIpc) is 2.70. The van der Waals surface area contributed by atoms with E-state index in [0.717, 1.165) is 0 Å². The van der Waals surface area contributed by atoms with Crippen molar-refractivity contribution < 1.29 is 9.59 Å². The first kappa shape index (κ1) is 20.0. The summed E-state index contributed by atoms with van der Waals surface area (Å²) in [6.45, 7) is 3.78. The van der Waals surface area contributed by atoms with E-state index in [4.69, 9.17) is 0 Å². The number of fused-ring (bicyclic) bond motifs is 1. The molecule has 2 heterocycles. The summed E-state index contributed by atoms with van der Waals surface area (Å²) in [4.78, 5) is 56.1. The van der Waals surface area contributed by atoms with Gasteiger partial charge in [0.2, 0.25) is 5.91 Å². The number of hydrogen-bond donors (Lipinski definition) is 2. The van der Waals surface area contributed by atoms with Crippen molar-refractivity contribution in [3.05, 3.63) is 62.9 Å². The Bertz CT molecular complexity index is 1190. The lowest BCUT2D eigenvalue weighted by atomic mass is 10.2. The lowest BCUT2D eigenvalue weighted by Gasteiger charge is -2.15. The van der Waals surface area contributed by atoms with Gasteiger partial charge in [-0.25, -0.2) is 9.78 Å². The Morgan fingerprint density at radius 3 is 2.52 bits per heavy atom. The minimum atomic E-state index is -0.587. The number of nitrogens with one attached hydrogen (secondary N) is 2. The molecule has 0 aliphatic rings. The van der Waals surface area contributed by atoms with Crippen molar-refractivity contribution in [2.45, 2.75) is 26.8 Å². The second-order valence-corrected chi connectivity index (χ2v) is 6.59. The van der Waals surface area contributed by atoms with Gasteiger partial charge >= 0.3 is 5.69 Å². The molecule has 3 rings (SSSR count). The van der Waals surface area contributed by atoms with Crippen LogP contribution in [0.3, 0.4) is 0 Å². The number of aromatic nitrogens is 3. The van der Waals surface area contributed by atoms with E-state index in [2.05, 4.69) is 15.3 Å². The van der Waals surface area contributed by atoms with E-state index < -0.39 is 17.2 Å². The molecule has 9 nitrogen and oxygen atoms in total. The van der Waals surface area contributed by atoms with Crippen molar-refractivity contribution in [1.82, 2.24) is 14.5 Å². The number of anilines is 2. The fourth-order valence-electron chi connectivity index (χ4n) is 2.88. The van der Waals surface area contributed by atoms with E-state index in [1.165, 1.54) is 28.7 Å². The Kier molecular flexibility index (Phi) is 5.58. The molecule has 0 aliphatic carbocycles. The number of carbonyl (C=O) groups is 2. The van der Waals surface area contributed by atoms with Crippen LogP contribution in [-0.2, 0) is 11.3 Å². The number of aromatic amines is 1. The van der Waals surface area contributed by atoms with Crippen LogP contribution >= 0.6 is 0 Å². The minimum absolute atomic E-state index is 0.101. The number of H-pyrrole nitrogens is 1. The van der Waals surface area contributed by atoms with Gasteiger partial charge in [0.1, 0.15) is 5.65 Å². The molecular formula is C20H21N5O4. The normalized spacial score (nSPS) is 10.7. The first-order chi connectivity index (χ1) is 13.8. The smallest absolute Gasteiger partial charge is 0.322 e. The molecule has 2 amide bonds. The van der Waals surface area contributed by atoms with Crippen LogP contribution in [0.25, 0.3) is 11.0 Å². The van der Waals surface area contributed by atoms with Crippen molar-refractivity contribution in [1.29, 1.82) is 0 Å². The Labute approximate surface area is 166 Å². The summed E-state index contributed by atoms with van der Waals surface area (Å²) < 4.78 is 1.38. The van der Waals surface area contributed by atoms with Crippen molar-refractivity contribution in [3.8, 4) is 0 Å². The van der Waals surface area contributed by atoms with Gasteiger partial charge in [0, 0.05) is 38.1 Å². The van der Waals surface area contributed by atoms with Gasteiger partial charge in [0.15, 0.2) is 0 Å². The highest BCUT2D eigenvalue weighted by molar-refractivity contribution is 6.05. The summed E-state index contributed by atoms with van der Waals surface area (Å²) in [5, 5.41) is 2.90. The zero-order chi connectivity index (χ0) is 21.1. The number of nitrogens with zero attached hydrogens (tertiary/aromatic N) is 3. The molecule has 3 aromatic rings. The Morgan fingerprint density at radius 1 is 1.21 bits per heavy atom. The predicted molar refractivity (Wildman–Crippen MR) is 110 cm³/mol. The van der Waals surface area contributed by atoms with Crippen molar-refractivity contribution in [3.63, 3.8) is 0 Å². The summed E-state index contributed by atoms with van der Waals surface area (Å²) in [7, 11) is 1.66. The van der Waals surface area contributed by atoms with Gasteiger partial charge < -0.3 is 10.2 Å². The van der Waals surface area contributed by atoms with Gasteiger partial charge in [-0.2, -0.15) is 0 Å². The number of hydrogen-bond acceptors (Lipinski definition) is 5. The predicted octanol–water partition coefficient (Wildman–Crippen LogP) is 1.73. The van der Waals surface area contributed by atoms with E-state index in [1.807, 2.05) is 6.92 Å². The number of amides is 2. The number of benzene rings is 1. The highest BCUT2D eigenvalue weighted by atomic mass is 16.2. The van der Waals surface area contributed by atoms with Gasteiger partial charge in [0.05, 0.1) is 10.9 Å². The molecule has 9 heteroatoms. The highest BCUT2D eigenvalue weighted by Gasteiger charge is 2.13. The second kappa shape index (κ2) is 8.09. The third kappa shape index (κ3) is 4.08. The SMILES string of the molecule is CCCn1c(=O)[nH]c(=O)c2cc(C(=O)Nc3ccc(N(C)C(C)=O)cc3)cnc21. The molecule has 0 atom stereocenters. The first-order valence-electron chi connectivity index (χ1n) is 9.10. The maximum atomic E-state index is 12.6. The average molecular weight is 395 g/mol. The van der Waals surface area contributed by atoms with E-state index in [0.29, 0.717) is 24.3 Å². The number of carbonyl (C=O) groups excluding carboxylic acids is 2. The third-order valence-electron chi connectivity index (χ3n) is 4.53. The summed E-state index contributed by atoms with van der Waals surface area (Å²) in [6.07, 6.45) is 2.03. The second-order valence-electron chi connectivity index (χ2n) is 6.59. The maximum absolute atomic E-state index is 12.6. The highest BCUT2D eigenvalue weighted by Crippen LogP contribution is 2.18. The number of pyridine rings is 1.